The number of phenolic OH excluding ortho intramolecular Hbond substituents is 1. The van der Waals surface area contributed by atoms with E-state index in [1.807, 2.05) is 48.5 Å². The van der Waals surface area contributed by atoms with Gasteiger partial charge in [0.25, 0.3) is 5.91 Å². The van der Waals surface area contributed by atoms with Gasteiger partial charge >= 0.3 is 0 Å². The van der Waals surface area contributed by atoms with Crippen LogP contribution in [-0.4, -0.2) is 62.1 Å². The fraction of sp³-hybridized carbons (Fsp3) is 0.350. The number of hydrogen-bond donors (Lipinski definition) is 5. The van der Waals surface area contributed by atoms with Crippen LogP contribution in [0.3, 0.4) is 0 Å². The SMILES string of the molecule is C[C@@H](NC(=O)[C@H](Cc1ccc(-c2ncc(-c3ccc4c(C5CCCCO5)c(O)ccc4c3)cn2)cc1)NC(=O)c1ccc(C(C)(C)C)s1)C(O)O. The van der Waals surface area contributed by atoms with Crippen molar-refractivity contribution in [2.75, 3.05) is 6.61 Å². The minimum absolute atomic E-state index is 0.110. The Labute approximate surface area is 301 Å². The van der Waals surface area contributed by atoms with Gasteiger partial charge in [0, 0.05) is 47.0 Å². The van der Waals surface area contributed by atoms with Crippen LogP contribution in [0.1, 0.15) is 78.7 Å². The van der Waals surface area contributed by atoms with E-state index >= 15 is 0 Å². The zero-order valence-corrected chi connectivity index (χ0v) is 30.0. The van der Waals surface area contributed by atoms with Crippen molar-refractivity contribution in [3.05, 3.63) is 100 Å². The van der Waals surface area contributed by atoms with E-state index in [-0.39, 0.29) is 29.6 Å². The molecule has 1 saturated heterocycles. The fourth-order valence-electron chi connectivity index (χ4n) is 6.18. The normalized spacial score (nSPS) is 16.2. The number of ether oxygens (including phenoxy) is 1. The smallest absolute Gasteiger partial charge is 0.262 e. The summed E-state index contributed by atoms with van der Waals surface area (Å²) >= 11 is 1.38. The average Bonchev–Trinajstić information content (AvgIpc) is 3.64. The van der Waals surface area contributed by atoms with Crippen molar-refractivity contribution in [1.82, 2.24) is 20.6 Å². The second-order valence-corrected chi connectivity index (χ2v) is 15.2. The first-order valence-corrected chi connectivity index (χ1v) is 18.1. The Morgan fingerprint density at radius 3 is 2.29 bits per heavy atom. The lowest BCUT2D eigenvalue weighted by Gasteiger charge is -2.25. The first-order valence-electron chi connectivity index (χ1n) is 17.2. The second-order valence-electron chi connectivity index (χ2n) is 14.1. The molecule has 1 aliphatic rings. The topological polar surface area (TPSA) is 154 Å². The molecule has 5 aromatic rings. The maximum absolute atomic E-state index is 13.2. The molecule has 11 heteroatoms. The molecule has 2 amide bonds. The predicted octanol–water partition coefficient (Wildman–Crippen LogP) is 6.43. The number of nitrogens with zero attached hydrogens (tertiary/aromatic N) is 2. The molecule has 1 unspecified atom stereocenters. The monoisotopic (exact) mass is 708 g/mol. The van der Waals surface area contributed by atoms with Crippen LogP contribution in [0.25, 0.3) is 33.3 Å². The van der Waals surface area contributed by atoms with Crippen molar-refractivity contribution in [1.29, 1.82) is 0 Å². The number of benzene rings is 3. The lowest BCUT2D eigenvalue weighted by atomic mass is 9.93. The molecule has 1 aliphatic heterocycles. The van der Waals surface area contributed by atoms with Crippen molar-refractivity contribution >= 4 is 33.9 Å². The summed E-state index contributed by atoms with van der Waals surface area (Å²) in [5.41, 5.74) is 4.11. The standard InChI is InChI=1S/C40H44N4O6S/c1-23(39(48)49)43-37(46)30(44-38(47)33-16-17-34(51-33)40(2,3)4)19-24-8-10-25(11-9-24)36-41-21-28(22-42-36)26-12-14-29-27(20-26)13-15-31(45)35(29)32-7-5-6-18-50-32/h8-17,20-23,30,32,39,45,48-49H,5-7,18-19H2,1-4H3,(H,43,46)(H,44,47)/t23-,30+,32?/m1/s1. The molecule has 1 fully saturated rings. The number of aromatic nitrogens is 2. The largest absolute Gasteiger partial charge is 0.508 e. The Morgan fingerprint density at radius 2 is 1.65 bits per heavy atom. The summed E-state index contributed by atoms with van der Waals surface area (Å²) < 4.78 is 5.99. The fourth-order valence-corrected chi connectivity index (χ4v) is 7.15. The van der Waals surface area contributed by atoms with Crippen LogP contribution in [0.15, 0.2) is 79.1 Å². The number of amides is 2. The lowest BCUT2D eigenvalue weighted by molar-refractivity contribution is -0.128. The van der Waals surface area contributed by atoms with Gasteiger partial charge in [0.2, 0.25) is 5.91 Å². The number of aliphatic hydroxyl groups excluding tert-OH is 1. The van der Waals surface area contributed by atoms with Crippen molar-refractivity contribution in [2.45, 2.75) is 83.3 Å². The number of hydrogen-bond acceptors (Lipinski definition) is 9. The number of aliphatic hydroxyl groups is 2. The number of carbonyl (C=O) groups is 2. The number of fused-ring (bicyclic) bond motifs is 1. The average molecular weight is 709 g/mol. The zero-order chi connectivity index (χ0) is 36.3. The number of thiophene rings is 1. The third-order valence-corrected chi connectivity index (χ3v) is 10.7. The van der Waals surface area contributed by atoms with Crippen molar-refractivity contribution < 1.29 is 29.6 Å². The molecule has 10 nitrogen and oxygen atoms in total. The lowest BCUT2D eigenvalue weighted by Crippen LogP contribution is -2.52. The molecule has 266 valence electrons. The maximum Gasteiger partial charge on any atom is 0.262 e. The summed E-state index contributed by atoms with van der Waals surface area (Å²) in [7, 11) is 0. The Morgan fingerprint density at radius 1 is 0.922 bits per heavy atom. The second kappa shape index (κ2) is 15.3. The summed E-state index contributed by atoms with van der Waals surface area (Å²) in [6.07, 6.45) is 4.90. The minimum atomic E-state index is -1.74. The van der Waals surface area contributed by atoms with E-state index in [0.29, 0.717) is 17.3 Å². The predicted molar refractivity (Wildman–Crippen MR) is 198 cm³/mol. The van der Waals surface area contributed by atoms with Crippen molar-refractivity contribution in [3.8, 4) is 28.3 Å². The quantitative estimate of drug-likeness (QED) is 0.104. The molecule has 0 aliphatic carbocycles. The summed E-state index contributed by atoms with van der Waals surface area (Å²) in [5.74, 6) is -0.105. The Kier molecular flexibility index (Phi) is 10.8. The maximum atomic E-state index is 13.2. The van der Waals surface area contributed by atoms with Gasteiger partial charge in [-0.05, 0) is 77.8 Å². The Hall–Kier alpha value is -4.68. The third-order valence-electron chi connectivity index (χ3n) is 9.19. The van der Waals surface area contributed by atoms with E-state index in [1.165, 1.54) is 18.3 Å². The summed E-state index contributed by atoms with van der Waals surface area (Å²) in [4.78, 5) is 37.3. The van der Waals surface area contributed by atoms with Crippen molar-refractivity contribution in [3.63, 3.8) is 0 Å². The molecular weight excluding hydrogens is 665 g/mol. The zero-order valence-electron chi connectivity index (χ0n) is 29.2. The van der Waals surface area contributed by atoms with Crippen LogP contribution in [-0.2, 0) is 21.4 Å². The van der Waals surface area contributed by atoms with E-state index in [2.05, 4.69) is 47.4 Å². The van der Waals surface area contributed by atoms with Gasteiger partial charge in [-0.2, -0.15) is 0 Å². The van der Waals surface area contributed by atoms with Crippen molar-refractivity contribution in [2.24, 2.45) is 0 Å². The highest BCUT2D eigenvalue weighted by atomic mass is 32.1. The van der Waals surface area contributed by atoms with Gasteiger partial charge in [0.05, 0.1) is 17.0 Å². The molecule has 0 radical (unpaired) electrons. The molecule has 6 rings (SSSR count). The minimum Gasteiger partial charge on any atom is -0.508 e. The van der Waals surface area contributed by atoms with Crippen LogP contribution in [0.4, 0.5) is 0 Å². The van der Waals surface area contributed by atoms with Crippen LogP contribution in [0.5, 0.6) is 5.75 Å². The molecule has 0 saturated carbocycles. The number of rotatable bonds is 10. The molecule has 3 heterocycles. The Bertz CT molecular complexity index is 2000. The van der Waals surface area contributed by atoms with E-state index in [4.69, 9.17) is 4.74 Å². The number of carbonyl (C=O) groups excluding carboxylic acids is 2. The molecule has 0 spiro atoms. The van der Waals surface area contributed by atoms with Gasteiger partial charge in [-0.3, -0.25) is 9.59 Å². The van der Waals surface area contributed by atoms with Gasteiger partial charge in [0.15, 0.2) is 12.1 Å². The molecule has 3 atom stereocenters. The highest BCUT2D eigenvalue weighted by Gasteiger charge is 2.27. The van der Waals surface area contributed by atoms with Gasteiger partial charge in [0.1, 0.15) is 11.8 Å². The highest BCUT2D eigenvalue weighted by molar-refractivity contribution is 7.14. The number of aromatic hydroxyl groups is 1. The van der Waals surface area contributed by atoms with E-state index in [1.54, 1.807) is 24.5 Å². The summed E-state index contributed by atoms with van der Waals surface area (Å²) in [6.45, 7) is 8.39. The van der Waals surface area contributed by atoms with Gasteiger partial charge in [-0.1, -0.05) is 63.2 Å². The van der Waals surface area contributed by atoms with Crippen LogP contribution in [0, 0.1) is 0 Å². The molecule has 3 aromatic carbocycles. The molecular formula is C40H44N4O6S. The van der Waals surface area contributed by atoms with Gasteiger partial charge < -0.3 is 30.7 Å². The van der Waals surface area contributed by atoms with E-state index in [0.717, 1.165) is 62.7 Å². The first-order chi connectivity index (χ1) is 24.4. The van der Waals surface area contributed by atoms with Gasteiger partial charge in [-0.15, -0.1) is 11.3 Å². The molecule has 51 heavy (non-hydrogen) atoms. The van der Waals surface area contributed by atoms with Crippen LogP contribution >= 0.6 is 11.3 Å². The van der Waals surface area contributed by atoms with Gasteiger partial charge in [-0.25, -0.2) is 9.97 Å². The highest BCUT2D eigenvalue weighted by Crippen LogP contribution is 2.39. The van der Waals surface area contributed by atoms with E-state index < -0.39 is 24.3 Å². The third kappa shape index (κ3) is 8.45. The van der Waals surface area contributed by atoms with E-state index in [9.17, 15) is 24.9 Å². The molecule has 0 bridgehead atoms. The summed E-state index contributed by atoms with van der Waals surface area (Å²) in [5, 5.41) is 37.2. The molecule has 2 aromatic heterocycles. The number of nitrogens with one attached hydrogen (secondary N) is 2. The Balaban J connectivity index is 1.17. The first kappa shape index (κ1) is 36.1. The summed E-state index contributed by atoms with van der Waals surface area (Å²) in [6, 6.07) is 19.0. The number of phenols is 1. The molecule has 5 N–H and O–H groups in total. The van der Waals surface area contributed by atoms with Crippen LogP contribution < -0.4 is 10.6 Å². The van der Waals surface area contributed by atoms with Crippen LogP contribution in [0.2, 0.25) is 0 Å².